The fourth-order valence-corrected chi connectivity index (χ4v) is 45.3. The standard InChI is InChI=1S/C35H61NO4.C30H47NO3.C30H53NO2.C30H46O4/c1-29(2,3)40-28(39)36-21-35-17-15-30(4,5)20-22(35)27-23(37)19-25-32(8)13-12-26(38)31(6,7)24(32)11-14-33(25,9)34(27,10)16-18-35;1-25(2)12-14-30(24(31)34)15-13-29(7)23(18(30)17-25)19(32)16-21-27(5)10-9-22(33)26(3,4)20(27)8-11-28(21,29)6;1-25(2)12-14-30(18-31)15-13-29(7)24(19(30)17-25)20(32)16-22-27(5)10-9-23(33)26(3,4)21(27)8-11-28(22,29)6;1-25(2)12-14-30(24(33)34)15-13-29(7)23(18(30)17-25)19(31)16-21-27(5)10-9-22(32)26(3,4)20(27)8-11-28(21,29)6/h22-27,37-38H,11-21H2,1-10H3,(H,36,39);18,20-21,23H,8-17H2,1-7H3,(H2,31,34);19-24,32-33H,8-18,31H2,1-7H3;18,20-21,23H,8-17H2,1-7H3,(H,33,34)/t22-,23?,24-,25+,26?,27-,32-,33+,34+,35+;18-,20-,21+,23-,27-,28+,29+,30-;19-,20?,21-,22+,23?,24-,27-,28+,29+,30+;18-,20-,21+,23-,27-,28+,29+,30-/m0000/s1. The van der Waals surface area contributed by atoms with Crippen LogP contribution in [0, 0.1) is 225 Å². The molecule has 0 saturated heterocycles. The molecule has 0 heterocycles. The van der Waals surface area contributed by atoms with Crippen LogP contribution in [-0.4, -0.2) is 110 Å². The van der Waals surface area contributed by atoms with E-state index >= 15 is 0 Å². The highest BCUT2D eigenvalue weighted by Crippen LogP contribution is 2.84. The van der Waals surface area contributed by atoms with E-state index in [9.17, 15) is 59.1 Å². The van der Waals surface area contributed by atoms with Crippen molar-refractivity contribution in [2.45, 2.75) is 501 Å². The van der Waals surface area contributed by atoms with Gasteiger partial charge in [-0.25, -0.2) is 4.79 Å². The Morgan fingerprint density at radius 1 is 0.355 bits per heavy atom. The number of fused-ring (bicyclic) bond motifs is 28. The number of carboxylic acid groups (broad SMARTS) is 1. The lowest BCUT2D eigenvalue weighted by Gasteiger charge is -2.74. The average Bonchev–Trinajstić information content (AvgIpc) is 0.682. The van der Waals surface area contributed by atoms with E-state index in [-0.39, 0.29) is 186 Å². The van der Waals surface area contributed by atoms with E-state index in [0.29, 0.717) is 133 Å². The van der Waals surface area contributed by atoms with Crippen molar-refractivity contribution in [3.63, 3.8) is 0 Å². The Labute approximate surface area is 855 Å². The lowest BCUT2D eigenvalue weighted by atomic mass is 9.31. The van der Waals surface area contributed by atoms with Gasteiger partial charge in [-0.2, -0.15) is 0 Å². The molecule has 0 radical (unpaired) electrons. The molecule has 20 fully saturated rings. The van der Waals surface area contributed by atoms with E-state index < -0.39 is 22.4 Å². The Morgan fingerprint density at radius 2 is 0.667 bits per heavy atom. The first-order chi connectivity index (χ1) is 64.5. The lowest BCUT2D eigenvalue weighted by Crippen LogP contribution is -2.70. The number of carbonyl (C=O) groups is 7. The van der Waals surface area contributed by atoms with E-state index in [0.717, 1.165) is 167 Å². The number of hydrogen-bond acceptors (Lipinski definition) is 13. The summed E-state index contributed by atoms with van der Waals surface area (Å²) in [5, 5.41) is 60.0. The van der Waals surface area contributed by atoms with Crippen LogP contribution in [0.2, 0.25) is 0 Å². The minimum atomic E-state index is -0.737. The summed E-state index contributed by atoms with van der Waals surface area (Å²) in [7, 11) is 0. The number of hydrogen-bond donors (Lipinski definition) is 8. The SMILES string of the molecule is CC1(C)CC[C@]2(C(=O)O)CC[C@]3(C)[C@H](C(=O)C[C@@H]4[C@@]5(C)CCC(=O)C(C)(C)[C@@H]5CC[C@]43C)[C@@H]2C1.CC1(C)CC[C@]2(C(N)=O)CC[C@]3(C)[C@H](C(=O)C[C@@H]4[C@@]5(C)CCC(=O)C(C)(C)[C@@H]5CC[C@]43C)[C@@H]2C1.CC1(C)CC[C@]2(CN)CC[C@]3(C)[C@H](C(O)C[C@@H]4[C@@]5(C)CCC(O)C(C)(C)[C@@H]5CC[C@]43C)[C@@H]2C1.CC1(C)CC[C@]2(CNC(=O)OC(C)(C)C)CC[C@]3(C)[C@H](C(O)C[C@@H]4[C@@]5(C)CCC(O)C(C)(C)[C@@H]5CC[C@]43C)[C@@H]2C1. The zero-order chi connectivity index (χ0) is 104. The summed E-state index contributed by atoms with van der Waals surface area (Å²) in [5.41, 5.74) is 12.0. The molecule has 20 rings (SSSR count). The van der Waals surface area contributed by atoms with E-state index in [1.165, 1.54) is 57.8 Å². The number of primary amides is 1. The molecule has 16 nitrogen and oxygen atoms in total. The van der Waals surface area contributed by atoms with Crippen molar-refractivity contribution in [2.24, 2.45) is 236 Å². The number of Topliss-reactive ketones (excluding diaryl/α,β-unsaturated/α-hetero) is 4. The molecule has 800 valence electrons. The molecule has 0 aromatic rings. The summed E-state index contributed by atoms with van der Waals surface area (Å²) in [6.45, 7) is 73.7. The molecule has 20 aliphatic rings. The number of aliphatic carboxylic acids is 1. The van der Waals surface area contributed by atoms with Gasteiger partial charge in [0.25, 0.3) is 0 Å². The highest BCUT2D eigenvalue weighted by molar-refractivity contribution is 5.90. The number of aliphatic hydroxyl groups is 4. The van der Waals surface area contributed by atoms with Crippen molar-refractivity contribution in [3.8, 4) is 0 Å². The van der Waals surface area contributed by atoms with Crippen LogP contribution in [0.25, 0.3) is 0 Å². The number of alkyl carbamates (subject to hydrolysis) is 1. The van der Waals surface area contributed by atoms with Gasteiger partial charge in [0.05, 0.1) is 35.2 Å². The van der Waals surface area contributed by atoms with Gasteiger partial charge in [0, 0.05) is 54.9 Å². The highest BCUT2D eigenvalue weighted by Gasteiger charge is 2.80. The predicted octanol–water partition coefficient (Wildman–Crippen LogP) is 26.7. The number of nitrogens with one attached hydrogen (secondary N) is 1. The fraction of sp³-hybridized carbons (Fsp3) is 0.944. The minimum absolute atomic E-state index is 0.000449. The van der Waals surface area contributed by atoms with Crippen LogP contribution in [0.15, 0.2) is 0 Å². The number of carboxylic acids is 1. The first-order valence-electron chi connectivity index (χ1n) is 58.5. The van der Waals surface area contributed by atoms with Gasteiger partial charge in [0.15, 0.2) is 0 Å². The molecule has 4 unspecified atom stereocenters. The fourth-order valence-electron chi connectivity index (χ4n) is 45.3. The first-order valence-corrected chi connectivity index (χ1v) is 58.5. The van der Waals surface area contributed by atoms with Gasteiger partial charge in [-0.15, -0.1) is 0 Å². The van der Waals surface area contributed by atoms with Crippen LogP contribution in [0.4, 0.5) is 4.79 Å². The molecule has 0 bridgehead atoms. The zero-order valence-corrected chi connectivity index (χ0v) is 95.4. The number of amides is 2. The summed E-state index contributed by atoms with van der Waals surface area (Å²) < 4.78 is 5.65. The van der Waals surface area contributed by atoms with E-state index in [1.807, 2.05) is 20.8 Å². The summed E-state index contributed by atoms with van der Waals surface area (Å²) in [6, 6.07) is 0. The monoisotopic (exact) mass is 1960 g/mol. The Balaban J connectivity index is 0.000000130. The number of rotatable bonds is 5. The van der Waals surface area contributed by atoms with Gasteiger partial charge in [0.1, 0.15) is 28.7 Å². The Kier molecular flexibility index (Phi) is 26.3. The Bertz CT molecular complexity index is 4720. The number of carbonyl (C=O) groups excluding carboxylic acids is 6. The van der Waals surface area contributed by atoms with Crippen LogP contribution in [0.3, 0.4) is 0 Å². The van der Waals surface area contributed by atoms with Crippen molar-refractivity contribution >= 4 is 41.1 Å². The molecule has 20 aliphatic carbocycles. The number of nitrogens with two attached hydrogens (primary N) is 2. The van der Waals surface area contributed by atoms with Crippen molar-refractivity contribution in [3.05, 3.63) is 0 Å². The van der Waals surface area contributed by atoms with Crippen molar-refractivity contribution < 1.29 is 63.8 Å². The highest BCUT2D eigenvalue weighted by atomic mass is 16.6. The van der Waals surface area contributed by atoms with Crippen LogP contribution in [0.1, 0.15) is 471 Å². The van der Waals surface area contributed by atoms with Crippen molar-refractivity contribution in [2.75, 3.05) is 13.1 Å². The molecule has 0 aromatic carbocycles. The molecule has 0 aromatic heterocycles. The second-order valence-electron chi connectivity index (χ2n) is 64.6. The molecule has 0 spiro atoms. The summed E-state index contributed by atoms with van der Waals surface area (Å²) in [4.78, 5) is 92.9. The van der Waals surface area contributed by atoms with Crippen LogP contribution in [0.5, 0.6) is 0 Å². The van der Waals surface area contributed by atoms with Crippen LogP contribution < -0.4 is 16.8 Å². The summed E-state index contributed by atoms with van der Waals surface area (Å²) in [6.07, 6.45) is 38.2. The molecule has 16 heteroatoms. The van der Waals surface area contributed by atoms with Gasteiger partial charge in [0.2, 0.25) is 5.91 Å². The second kappa shape index (κ2) is 34.1. The molecular weight excluding hydrogens is 1750 g/mol. The Hall–Kier alpha value is -3.31. The van der Waals surface area contributed by atoms with E-state index in [1.54, 1.807) is 0 Å². The lowest BCUT2D eigenvalue weighted by molar-refractivity contribution is -0.278. The third-order valence-corrected chi connectivity index (χ3v) is 54.6. The van der Waals surface area contributed by atoms with Gasteiger partial charge in [-0.05, 0) is 450 Å². The normalized spacial score (nSPS) is 52.3. The van der Waals surface area contributed by atoms with Crippen LogP contribution in [-0.2, 0) is 33.5 Å². The first kappa shape index (κ1) is 109. The maximum absolute atomic E-state index is 14.3. The number of ketones is 4. The van der Waals surface area contributed by atoms with Crippen molar-refractivity contribution in [1.29, 1.82) is 0 Å². The number of ether oxygens (including phenoxy) is 1. The topological polar surface area (TPSA) is 294 Å². The molecular formula is C125H207N3O13. The maximum Gasteiger partial charge on any atom is 0.407 e. The third kappa shape index (κ3) is 15.6. The van der Waals surface area contributed by atoms with Crippen molar-refractivity contribution in [1.82, 2.24) is 5.32 Å². The van der Waals surface area contributed by atoms with Gasteiger partial charge in [-0.3, -0.25) is 28.8 Å². The van der Waals surface area contributed by atoms with Gasteiger partial charge < -0.3 is 47.1 Å². The molecule has 20 saturated carbocycles. The quantitative estimate of drug-likeness (QED) is 0.127. The van der Waals surface area contributed by atoms with Gasteiger partial charge in [-0.1, -0.05) is 194 Å². The second-order valence-corrected chi connectivity index (χ2v) is 64.6. The van der Waals surface area contributed by atoms with Gasteiger partial charge >= 0.3 is 12.1 Å². The zero-order valence-electron chi connectivity index (χ0n) is 95.4. The Morgan fingerprint density at radius 3 is 1.05 bits per heavy atom. The largest absolute Gasteiger partial charge is 0.481 e. The average molecular weight is 1960 g/mol. The van der Waals surface area contributed by atoms with E-state index in [2.05, 4.69) is 199 Å². The molecule has 36 atom stereocenters. The maximum atomic E-state index is 14.3. The predicted molar refractivity (Wildman–Crippen MR) is 562 cm³/mol. The number of aliphatic hydroxyl groups excluding tert-OH is 4. The van der Waals surface area contributed by atoms with E-state index in [4.69, 9.17) is 16.2 Å². The summed E-state index contributed by atoms with van der Waals surface area (Å²) >= 11 is 0. The van der Waals surface area contributed by atoms with Crippen LogP contribution >= 0.6 is 0 Å². The molecule has 0 aliphatic heterocycles. The molecule has 141 heavy (non-hydrogen) atoms. The molecule has 2 amide bonds. The molecule has 10 N–H and O–H groups in total. The smallest absolute Gasteiger partial charge is 0.407 e. The minimum Gasteiger partial charge on any atom is -0.481 e. The third-order valence-electron chi connectivity index (χ3n) is 54.6. The summed E-state index contributed by atoms with van der Waals surface area (Å²) in [5.74, 6) is 5.25.